The van der Waals surface area contributed by atoms with Gasteiger partial charge in [0.1, 0.15) is 12.4 Å². The van der Waals surface area contributed by atoms with E-state index in [0.717, 1.165) is 17.7 Å². The summed E-state index contributed by atoms with van der Waals surface area (Å²) in [4.78, 5) is 0. The summed E-state index contributed by atoms with van der Waals surface area (Å²) in [5.74, 6) is 0.630. The Balaban J connectivity index is 2.06. The molecule has 0 amide bonds. The van der Waals surface area contributed by atoms with Crippen molar-refractivity contribution in [1.29, 1.82) is 0 Å². The minimum Gasteiger partial charge on any atom is -0.489 e. The summed E-state index contributed by atoms with van der Waals surface area (Å²) in [6.45, 7) is 2.03. The third-order valence-electron chi connectivity index (χ3n) is 3.00. The van der Waals surface area contributed by atoms with E-state index in [1.165, 1.54) is 12.1 Å². The first-order valence-electron chi connectivity index (χ1n) is 6.02. The van der Waals surface area contributed by atoms with Crippen molar-refractivity contribution in [2.75, 3.05) is 5.73 Å². The molecule has 2 aromatic carbocycles. The Hall–Kier alpha value is -2.17. The lowest BCUT2D eigenvalue weighted by atomic mass is 10.1. The van der Waals surface area contributed by atoms with Crippen LogP contribution in [0.2, 0.25) is 0 Å². The average Bonchev–Trinajstić information content (AvgIpc) is 2.40. The molecule has 0 saturated carbocycles. The van der Waals surface area contributed by atoms with Gasteiger partial charge >= 0.3 is 6.18 Å². The lowest BCUT2D eigenvalue weighted by Crippen LogP contribution is -2.05. The molecule has 0 unspecified atom stereocenters. The number of halogens is 3. The van der Waals surface area contributed by atoms with Crippen LogP contribution in [-0.4, -0.2) is 0 Å². The van der Waals surface area contributed by atoms with Crippen molar-refractivity contribution in [2.45, 2.75) is 19.7 Å². The third kappa shape index (κ3) is 3.23. The van der Waals surface area contributed by atoms with E-state index in [2.05, 4.69) is 0 Å². The maximum Gasteiger partial charge on any atom is 0.416 e. The lowest BCUT2D eigenvalue weighted by Gasteiger charge is -2.11. The van der Waals surface area contributed by atoms with Gasteiger partial charge in [-0.15, -0.1) is 0 Å². The van der Waals surface area contributed by atoms with Crippen molar-refractivity contribution in [3.05, 3.63) is 59.2 Å². The van der Waals surface area contributed by atoms with E-state index in [1.54, 1.807) is 18.2 Å². The van der Waals surface area contributed by atoms with E-state index in [1.807, 2.05) is 6.92 Å². The second-order valence-corrected chi connectivity index (χ2v) is 4.45. The van der Waals surface area contributed by atoms with Crippen molar-refractivity contribution < 1.29 is 17.9 Å². The molecule has 0 aliphatic carbocycles. The molecule has 0 aliphatic rings. The maximum absolute atomic E-state index is 12.4. The van der Waals surface area contributed by atoms with Gasteiger partial charge in [0.05, 0.1) is 5.56 Å². The van der Waals surface area contributed by atoms with Crippen LogP contribution in [0.15, 0.2) is 42.5 Å². The molecule has 2 nitrogen and oxygen atoms in total. The highest BCUT2D eigenvalue weighted by Crippen LogP contribution is 2.29. The van der Waals surface area contributed by atoms with Crippen LogP contribution in [-0.2, 0) is 12.8 Å². The molecule has 106 valence electrons. The Morgan fingerprint density at radius 2 is 1.70 bits per heavy atom. The highest BCUT2D eigenvalue weighted by molar-refractivity contribution is 5.53. The molecule has 0 radical (unpaired) electrons. The molecule has 5 heteroatoms. The molecule has 0 fully saturated rings. The van der Waals surface area contributed by atoms with Crippen LogP contribution in [0.5, 0.6) is 5.75 Å². The number of rotatable bonds is 3. The number of ether oxygens (including phenoxy) is 1. The van der Waals surface area contributed by atoms with Crippen molar-refractivity contribution in [2.24, 2.45) is 0 Å². The van der Waals surface area contributed by atoms with Gasteiger partial charge in [-0.1, -0.05) is 18.2 Å². The molecule has 0 aliphatic heterocycles. The molecular weight excluding hydrogens is 267 g/mol. The van der Waals surface area contributed by atoms with Crippen LogP contribution < -0.4 is 10.5 Å². The molecule has 2 rings (SSSR count). The molecule has 0 saturated heterocycles. The normalized spacial score (nSPS) is 11.4. The van der Waals surface area contributed by atoms with E-state index in [9.17, 15) is 13.2 Å². The fourth-order valence-electron chi connectivity index (χ4n) is 1.74. The molecule has 0 spiro atoms. The Kier molecular flexibility index (Phi) is 3.88. The maximum atomic E-state index is 12.4. The van der Waals surface area contributed by atoms with Gasteiger partial charge in [0, 0.05) is 11.3 Å². The van der Waals surface area contributed by atoms with Crippen LogP contribution in [0.25, 0.3) is 0 Å². The zero-order valence-electron chi connectivity index (χ0n) is 10.9. The number of alkyl halides is 3. The van der Waals surface area contributed by atoms with Gasteiger partial charge in [0.2, 0.25) is 0 Å². The van der Waals surface area contributed by atoms with Gasteiger partial charge in [-0.05, 0) is 36.8 Å². The predicted molar refractivity (Wildman–Crippen MR) is 71.4 cm³/mol. The summed E-state index contributed by atoms with van der Waals surface area (Å²) in [5, 5.41) is 0. The lowest BCUT2D eigenvalue weighted by molar-refractivity contribution is -0.137. The Morgan fingerprint density at radius 1 is 1.05 bits per heavy atom. The number of benzene rings is 2. The summed E-state index contributed by atoms with van der Waals surface area (Å²) in [5.41, 5.74) is 7.19. The summed E-state index contributed by atoms with van der Waals surface area (Å²) < 4.78 is 42.8. The molecule has 2 aromatic rings. The fraction of sp³-hybridized carbons (Fsp3) is 0.200. The summed E-state index contributed by atoms with van der Waals surface area (Å²) in [6, 6.07) is 10.2. The van der Waals surface area contributed by atoms with E-state index in [-0.39, 0.29) is 6.61 Å². The molecule has 0 aromatic heterocycles. The van der Waals surface area contributed by atoms with Gasteiger partial charge in [-0.2, -0.15) is 13.2 Å². The summed E-state index contributed by atoms with van der Waals surface area (Å²) >= 11 is 0. The monoisotopic (exact) mass is 281 g/mol. The minimum atomic E-state index is -4.32. The Morgan fingerprint density at radius 3 is 2.30 bits per heavy atom. The van der Waals surface area contributed by atoms with Crippen molar-refractivity contribution in [3.8, 4) is 5.75 Å². The standard InChI is InChI=1S/C15H14F3NO/c1-10-13(19)3-2-4-14(10)20-9-11-5-7-12(8-6-11)15(16,17)18/h2-8H,9,19H2,1H3. The first kappa shape index (κ1) is 14.2. The number of nitrogens with two attached hydrogens (primary N) is 1. The highest BCUT2D eigenvalue weighted by Gasteiger charge is 2.29. The van der Waals surface area contributed by atoms with Gasteiger partial charge in [-0.3, -0.25) is 0 Å². The zero-order valence-corrected chi connectivity index (χ0v) is 10.9. The molecule has 0 atom stereocenters. The Labute approximate surface area is 115 Å². The topological polar surface area (TPSA) is 35.2 Å². The average molecular weight is 281 g/mol. The molecule has 20 heavy (non-hydrogen) atoms. The predicted octanol–water partition coefficient (Wildman–Crippen LogP) is 4.18. The van der Waals surface area contributed by atoms with Crippen LogP contribution >= 0.6 is 0 Å². The molecule has 0 heterocycles. The van der Waals surface area contributed by atoms with Crippen LogP contribution in [0.1, 0.15) is 16.7 Å². The first-order valence-corrected chi connectivity index (χ1v) is 6.02. The SMILES string of the molecule is Cc1c(N)cccc1OCc1ccc(C(F)(F)F)cc1. The van der Waals surface area contributed by atoms with Crippen LogP contribution in [0.3, 0.4) is 0 Å². The number of hydrogen-bond donors (Lipinski definition) is 1. The summed E-state index contributed by atoms with van der Waals surface area (Å²) in [6.07, 6.45) is -4.32. The minimum absolute atomic E-state index is 0.197. The van der Waals surface area contributed by atoms with E-state index in [4.69, 9.17) is 10.5 Å². The van der Waals surface area contributed by atoms with Gasteiger partial charge in [0.25, 0.3) is 0 Å². The number of nitrogen functional groups attached to an aromatic ring is 1. The smallest absolute Gasteiger partial charge is 0.416 e. The van der Waals surface area contributed by atoms with E-state index < -0.39 is 11.7 Å². The fourth-order valence-corrected chi connectivity index (χ4v) is 1.74. The third-order valence-corrected chi connectivity index (χ3v) is 3.00. The van der Waals surface area contributed by atoms with Crippen LogP contribution in [0, 0.1) is 6.92 Å². The second-order valence-electron chi connectivity index (χ2n) is 4.45. The Bertz CT molecular complexity index is 591. The van der Waals surface area contributed by atoms with E-state index in [0.29, 0.717) is 17.0 Å². The van der Waals surface area contributed by atoms with Crippen LogP contribution in [0.4, 0.5) is 18.9 Å². The molecular formula is C15H14F3NO. The second kappa shape index (κ2) is 5.45. The first-order chi connectivity index (χ1) is 9.38. The van der Waals surface area contributed by atoms with Crippen molar-refractivity contribution >= 4 is 5.69 Å². The van der Waals surface area contributed by atoms with Gasteiger partial charge in [-0.25, -0.2) is 0 Å². The zero-order chi connectivity index (χ0) is 14.8. The molecule has 2 N–H and O–H groups in total. The molecule has 0 bridgehead atoms. The van der Waals surface area contributed by atoms with Crippen molar-refractivity contribution in [1.82, 2.24) is 0 Å². The quantitative estimate of drug-likeness (QED) is 0.857. The number of hydrogen-bond acceptors (Lipinski definition) is 2. The number of anilines is 1. The van der Waals surface area contributed by atoms with Gasteiger partial charge in [0.15, 0.2) is 0 Å². The van der Waals surface area contributed by atoms with Crippen molar-refractivity contribution in [3.63, 3.8) is 0 Å². The largest absolute Gasteiger partial charge is 0.489 e. The van der Waals surface area contributed by atoms with Gasteiger partial charge < -0.3 is 10.5 Å². The summed E-state index contributed by atoms with van der Waals surface area (Å²) in [7, 11) is 0. The van der Waals surface area contributed by atoms with E-state index >= 15 is 0 Å². The highest BCUT2D eigenvalue weighted by atomic mass is 19.4.